The number of fused-ring (bicyclic) bond motifs is 1. The highest BCUT2D eigenvalue weighted by Crippen LogP contribution is 2.24. The van der Waals surface area contributed by atoms with Gasteiger partial charge in [0.1, 0.15) is 0 Å². The highest BCUT2D eigenvalue weighted by atomic mass is 15.1. The second-order valence-electron chi connectivity index (χ2n) is 4.60. The Bertz CT molecular complexity index is 698. The topological polar surface area (TPSA) is 56.2 Å². The zero-order valence-corrected chi connectivity index (χ0v) is 10.9. The fourth-order valence-electron chi connectivity index (χ4n) is 2.25. The smallest absolute Gasteiger partial charge is 0.234 e. The van der Waals surface area contributed by atoms with E-state index in [0.29, 0.717) is 6.54 Å². The molecule has 0 unspecified atom stereocenters. The zero-order valence-electron chi connectivity index (χ0n) is 10.9. The number of imidazole rings is 1. The molecule has 0 aliphatic heterocycles. The second kappa shape index (κ2) is 4.82. The van der Waals surface area contributed by atoms with Crippen LogP contribution in [0.15, 0.2) is 42.7 Å². The molecular formula is C15H16N4. The number of hydrogen-bond acceptors (Lipinski definition) is 3. The third-order valence-electron chi connectivity index (χ3n) is 3.21. The molecule has 0 fully saturated rings. The van der Waals surface area contributed by atoms with Crippen LogP contribution in [0.3, 0.4) is 0 Å². The van der Waals surface area contributed by atoms with Gasteiger partial charge in [0.2, 0.25) is 5.78 Å². The first-order chi connectivity index (χ1) is 9.29. The summed E-state index contributed by atoms with van der Waals surface area (Å²) in [5, 5.41) is 0. The largest absolute Gasteiger partial charge is 0.330 e. The van der Waals surface area contributed by atoms with Crippen molar-refractivity contribution < 1.29 is 0 Å². The van der Waals surface area contributed by atoms with Crippen LogP contribution >= 0.6 is 0 Å². The fourth-order valence-corrected chi connectivity index (χ4v) is 2.25. The average Bonchev–Trinajstić information content (AvgIpc) is 2.79. The number of aryl methyl sites for hydroxylation is 1. The van der Waals surface area contributed by atoms with Crippen molar-refractivity contribution in [3.05, 3.63) is 54.0 Å². The lowest BCUT2D eigenvalue weighted by atomic mass is 10.1. The van der Waals surface area contributed by atoms with Crippen molar-refractivity contribution in [1.82, 2.24) is 14.4 Å². The highest BCUT2D eigenvalue weighted by Gasteiger charge is 2.13. The number of nitrogens with two attached hydrogens (primary N) is 1. The molecule has 0 atom stereocenters. The molecule has 4 nitrogen and oxygen atoms in total. The maximum Gasteiger partial charge on any atom is 0.234 e. The molecule has 0 aliphatic rings. The quantitative estimate of drug-likeness (QED) is 0.777. The van der Waals surface area contributed by atoms with Crippen LogP contribution < -0.4 is 5.73 Å². The van der Waals surface area contributed by atoms with E-state index in [-0.39, 0.29) is 0 Å². The summed E-state index contributed by atoms with van der Waals surface area (Å²) in [7, 11) is 0. The summed E-state index contributed by atoms with van der Waals surface area (Å²) in [5.41, 5.74) is 10.2. The zero-order chi connectivity index (χ0) is 13.2. The number of nitrogens with zero attached hydrogens (tertiary/aromatic N) is 3. The monoisotopic (exact) mass is 252 g/mol. The fraction of sp³-hybridized carbons (Fsp3) is 0.200. The van der Waals surface area contributed by atoms with E-state index >= 15 is 0 Å². The van der Waals surface area contributed by atoms with Gasteiger partial charge in [-0.2, -0.15) is 0 Å². The van der Waals surface area contributed by atoms with Crippen molar-refractivity contribution in [2.45, 2.75) is 13.3 Å². The van der Waals surface area contributed by atoms with E-state index < -0.39 is 0 Å². The van der Waals surface area contributed by atoms with Crippen LogP contribution in [0, 0.1) is 6.92 Å². The van der Waals surface area contributed by atoms with E-state index in [9.17, 15) is 0 Å². The van der Waals surface area contributed by atoms with Crippen molar-refractivity contribution in [2.24, 2.45) is 5.73 Å². The standard InChI is InChI=1S/C15H16N4/c1-11-3-5-12(6-4-11)14-13(7-8-16)19-10-2-9-17-15(19)18-14/h2-6,9-10H,7-8,16H2,1H3. The third-order valence-corrected chi connectivity index (χ3v) is 3.21. The Kier molecular flexibility index (Phi) is 3.01. The SMILES string of the molecule is Cc1ccc(-c2nc3ncccn3c2CCN)cc1. The number of hydrogen-bond donors (Lipinski definition) is 1. The predicted octanol–water partition coefficient (Wildman–Crippen LogP) is 2.21. The van der Waals surface area contributed by atoms with Gasteiger partial charge in [0, 0.05) is 24.4 Å². The maximum absolute atomic E-state index is 5.72. The molecule has 0 radical (unpaired) electrons. The molecule has 0 saturated carbocycles. The molecule has 3 rings (SSSR count). The van der Waals surface area contributed by atoms with Gasteiger partial charge in [0.25, 0.3) is 0 Å². The van der Waals surface area contributed by atoms with E-state index in [1.165, 1.54) is 5.56 Å². The Morgan fingerprint density at radius 1 is 1.21 bits per heavy atom. The van der Waals surface area contributed by atoms with Gasteiger partial charge in [-0.3, -0.25) is 4.40 Å². The van der Waals surface area contributed by atoms with Crippen LogP contribution in [-0.2, 0) is 6.42 Å². The van der Waals surface area contributed by atoms with Crippen molar-refractivity contribution in [3.63, 3.8) is 0 Å². The van der Waals surface area contributed by atoms with E-state index in [0.717, 1.165) is 29.1 Å². The van der Waals surface area contributed by atoms with Gasteiger partial charge in [-0.15, -0.1) is 0 Å². The van der Waals surface area contributed by atoms with Crippen molar-refractivity contribution >= 4 is 5.78 Å². The summed E-state index contributed by atoms with van der Waals surface area (Å²) in [4.78, 5) is 8.93. The van der Waals surface area contributed by atoms with Crippen LogP contribution in [-0.4, -0.2) is 20.9 Å². The third kappa shape index (κ3) is 2.11. The van der Waals surface area contributed by atoms with Crippen molar-refractivity contribution in [2.75, 3.05) is 6.54 Å². The van der Waals surface area contributed by atoms with E-state index in [2.05, 4.69) is 41.2 Å². The molecule has 96 valence electrons. The Balaban J connectivity index is 2.21. The molecule has 4 heteroatoms. The minimum atomic E-state index is 0.599. The van der Waals surface area contributed by atoms with Gasteiger partial charge in [0.05, 0.1) is 11.4 Å². The summed E-state index contributed by atoms with van der Waals surface area (Å²) in [6, 6.07) is 10.3. The van der Waals surface area contributed by atoms with Gasteiger partial charge in [-0.05, 0) is 19.5 Å². The number of benzene rings is 1. The van der Waals surface area contributed by atoms with Crippen LogP contribution in [0.25, 0.3) is 17.0 Å². The van der Waals surface area contributed by atoms with E-state index in [1.807, 2.05) is 16.7 Å². The maximum atomic E-state index is 5.72. The summed E-state index contributed by atoms with van der Waals surface area (Å²) < 4.78 is 2.02. The summed E-state index contributed by atoms with van der Waals surface area (Å²) in [5.74, 6) is 0.724. The summed E-state index contributed by atoms with van der Waals surface area (Å²) in [6.45, 7) is 2.68. The van der Waals surface area contributed by atoms with Gasteiger partial charge >= 0.3 is 0 Å². The average molecular weight is 252 g/mol. The highest BCUT2D eigenvalue weighted by molar-refractivity contribution is 5.65. The Labute approximate surface area is 111 Å². The lowest BCUT2D eigenvalue weighted by Crippen LogP contribution is -2.06. The van der Waals surface area contributed by atoms with Crippen LogP contribution in [0.5, 0.6) is 0 Å². The first kappa shape index (κ1) is 11.9. The van der Waals surface area contributed by atoms with E-state index in [1.54, 1.807) is 6.20 Å². The Morgan fingerprint density at radius 3 is 2.74 bits per heavy atom. The molecule has 19 heavy (non-hydrogen) atoms. The van der Waals surface area contributed by atoms with Crippen molar-refractivity contribution in [3.8, 4) is 11.3 Å². The van der Waals surface area contributed by atoms with Gasteiger partial charge in [0.15, 0.2) is 0 Å². The molecule has 0 bridgehead atoms. The molecule has 0 aliphatic carbocycles. The Hall–Kier alpha value is -2.20. The first-order valence-electron chi connectivity index (χ1n) is 6.38. The van der Waals surface area contributed by atoms with Crippen molar-refractivity contribution in [1.29, 1.82) is 0 Å². The summed E-state index contributed by atoms with van der Waals surface area (Å²) in [6.07, 6.45) is 4.53. The molecule has 3 aromatic rings. The lowest BCUT2D eigenvalue weighted by Gasteiger charge is -2.03. The molecular weight excluding hydrogens is 236 g/mol. The molecule has 2 aromatic heterocycles. The molecule has 0 amide bonds. The van der Waals surface area contributed by atoms with Gasteiger partial charge in [-0.25, -0.2) is 9.97 Å². The normalized spacial score (nSPS) is 11.1. The molecule has 1 aromatic carbocycles. The van der Waals surface area contributed by atoms with Crippen LogP contribution in [0.1, 0.15) is 11.3 Å². The van der Waals surface area contributed by atoms with Crippen LogP contribution in [0.4, 0.5) is 0 Å². The molecule has 0 spiro atoms. The minimum Gasteiger partial charge on any atom is -0.330 e. The second-order valence-corrected chi connectivity index (χ2v) is 4.60. The number of aromatic nitrogens is 3. The lowest BCUT2D eigenvalue weighted by molar-refractivity contribution is 0.901. The molecule has 2 N–H and O–H groups in total. The van der Waals surface area contributed by atoms with Gasteiger partial charge < -0.3 is 5.73 Å². The molecule has 0 saturated heterocycles. The predicted molar refractivity (Wildman–Crippen MR) is 75.9 cm³/mol. The molecule has 2 heterocycles. The van der Waals surface area contributed by atoms with Crippen LogP contribution in [0.2, 0.25) is 0 Å². The first-order valence-corrected chi connectivity index (χ1v) is 6.38. The van der Waals surface area contributed by atoms with E-state index in [4.69, 9.17) is 5.73 Å². The minimum absolute atomic E-state index is 0.599. The number of rotatable bonds is 3. The van der Waals surface area contributed by atoms with Gasteiger partial charge in [-0.1, -0.05) is 29.8 Å². The summed E-state index contributed by atoms with van der Waals surface area (Å²) >= 11 is 0. The Morgan fingerprint density at radius 2 is 2.00 bits per heavy atom.